The van der Waals surface area contributed by atoms with Crippen LogP contribution in [0.5, 0.6) is 0 Å². The molecule has 0 aliphatic rings. The Morgan fingerprint density at radius 3 is 2.33 bits per heavy atom. The Kier molecular flexibility index (Phi) is 6.85. The summed E-state index contributed by atoms with van der Waals surface area (Å²) in [5.74, 6) is 0.989. The summed E-state index contributed by atoms with van der Waals surface area (Å²) in [4.78, 5) is 28.6. The van der Waals surface area contributed by atoms with Gasteiger partial charge in [-0.25, -0.2) is 9.78 Å². The number of amides is 3. The molecule has 0 bridgehead atoms. The molecule has 7 nitrogen and oxygen atoms in total. The molecule has 0 radical (unpaired) electrons. The van der Waals surface area contributed by atoms with Crippen molar-refractivity contribution in [3.8, 4) is 11.3 Å². The number of aromatic nitrogens is 1. The molecule has 1 aromatic heterocycles. The SMILES string of the molecule is Cc1ccc(-c2cnc(CCC(=O)Nc3ccccc3NC(=O)NC(C)C)o2)cc1. The van der Waals surface area contributed by atoms with Crippen LogP contribution >= 0.6 is 0 Å². The molecule has 156 valence electrons. The normalized spacial score (nSPS) is 10.7. The van der Waals surface area contributed by atoms with Crippen molar-refractivity contribution in [3.63, 3.8) is 0 Å². The second-order valence-corrected chi connectivity index (χ2v) is 7.33. The standard InChI is InChI=1S/C23H26N4O3/c1-15(2)25-23(29)27-19-7-5-4-6-18(19)26-21(28)12-13-22-24-14-20(30-22)17-10-8-16(3)9-11-17/h4-11,14-15H,12-13H2,1-3H3,(H,26,28)(H2,25,27,29). The summed E-state index contributed by atoms with van der Waals surface area (Å²) in [5.41, 5.74) is 3.19. The molecule has 0 fully saturated rings. The first kappa shape index (κ1) is 21.1. The Morgan fingerprint density at radius 1 is 1.00 bits per heavy atom. The van der Waals surface area contributed by atoms with Crippen LogP contribution in [0.15, 0.2) is 59.1 Å². The topological polar surface area (TPSA) is 96.3 Å². The van der Waals surface area contributed by atoms with Gasteiger partial charge < -0.3 is 20.4 Å². The van der Waals surface area contributed by atoms with E-state index in [1.807, 2.05) is 45.0 Å². The first-order chi connectivity index (χ1) is 14.4. The Balaban J connectivity index is 1.56. The van der Waals surface area contributed by atoms with E-state index in [2.05, 4.69) is 20.9 Å². The fourth-order valence-corrected chi connectivity index (χ4v) is 2.83. The van der Waals surface area contributed by atoms with E-state index in [4.69, 9.17) is 4.42 Å². The number of para-hydroxylation sites is 2. The molecule has 0 aliphatic heterocycles. The largest absolute Gasteiger partial charge is 0.441 e. The molecule has 2 aromatic carbocycles. The highest BCUT2D eigenvalue weighted by molar-refractivity contribution is 5.99. The van der Waals surface area contributed by atoms with Gasteiger partial charge in [-0.2, -0.15) is 0 Å². The molecule has 0 saturated carbocycles. The summed E-state index contributed by atoms with van der Waals surface area (Å²) >= 11 is 0. The zero-order valence-electron chi connectivity index (χ0n) is 17.4. The summed E-state index contributed by atoms with van der Waals surface area (Å²) in [7, 11) is 0. The Hall–Kier alpha value is -3.61. The zero-order chi connectivity index (χ0) is 21.5. The number of urea groups is 1. The Bertz CT molecular complexity index is 1010. The maximum absolute atomic E-state index is 12.4. The predicted octanol–water partition coefficient (Wildman–Crippen LogP) is 4.75. The van der Waals surface area contributed by atoms with E-state index in [0.29, 0.717) is 29.4 Å². The maximum atomic E-state index is 12.4. The predicted molar refractivity (Wildman–Crippen MR) is 117 cm³/mol. The lowest BCUT2D eigenvalue weighted by Gasteiger charge is -2.14. The van der Waals surface area contributed by atoms with Crippen LogP contribution < -0.4 is 16.0 Å². The van der Waals surface area contributed by atoms with E-state index in [1.54, 1.807) is 30.5 Å². The third-order valence-electron chi connectivity index (χ3n) is 4.32. The van der Waals surface area contributed by atoms with Crippen molar-refractivity contribution in [1.29, 1.82) is 0 Å². The van der Waals surface area contributed by atoms with Gasteiger partial charge >= 0.3 is 6.03 Å². The smallest absolute Gasteiger partial charge is 0.319 e. The molecule has 0 saturated heterocycles. The third kappa shape index (κ3) is 5.94. The molecule has 3 rings (SSSR count). The van der Waals surface area contributed by atoms with E-state index in [-0.39, 0.29) is 24.4 Å². The number of rotatable bonds is 7. The second-order valence-electron chi connectivity index (χ2n) is 7.33. The van der Waals surface area contributed by atoms with Crippen molar-refractivity contribution in [1.82, 2.24) is 10.3 Å². The number of anilines is 2. The van der Waals surface area contributed by atoms with E-state index < -0.39 is 0 Å². The molecule has 7 heteroatoms. The molecule has 3 N–H and O–H groups in total. The van der Waals surface area contributed by atoms with E-state index >= 15 is 0 Å². The maximum Gasteiger partial charge on any atom is 0.319 e. The van der Waals surface area contributed by atoms with Crippen LogP contribution in [0.2, 0.25) is 0 Å². The lowest BCUT2D eigenvalue weighted by molar-refractivity contribution is -0.116. The van der Waals surface area contributed by atoms with Crippen molar-refractivity contribution in [3.05, 3.63) is 66.2 Å². The van der Waals surface area contributed by atoms with Gasteiger partial charge in [0.15, 0.2) is 11.7 Å². The quantitative estimate of drug-likeness (QED) is 0.527. The van der Waals surface area contributed by atoms with Crippen LogP contribution in [0.4, 0.5) is 16.2 Å². The van der Waals surface area contributed by atoms with Gasteiger partial charge in [-0.3, -0.25) is 4.79 Å². The lowest BCUT2D eigenvalue weighted by atomic mass is 10.1. The monoisotopic (exact) mass is 406 g/mol. The molecule has 0 spiro atoms. The van der Waals surface area contributed by atoms with Crippen LogP contribution in [0.3, 0.4) is 0 Å². The molecule has 0 unspecified atom stereocenters. The fourth-order valence-electron chi connectivity index (χ4n) is 2.83. The number of hydrogen-bond acceptors (Lipinski definition) is 4. The van der Waals surface area contributed by atoms with Gasteiger partial charge in [0.1, 0.15) is 0 Å². The summed E-state index contributed by atoms with van der Waals surface area (Å²) in [6.07, 6.45) is 2.26. The van der Waals surface area contributed by atoms with Crippen LogP contribution in [0, 0.1) is 6.92 Å². The van der Waals surface area contributed by atoms with Gasteiger partial charge in [0.2, 0.25) is 5.91 Å². The van der Waals surface area contributed by atoms with Crippen LogP contribution in [0.1, 0.15) is 31.7 Å². The van der Waals surface area contributed by atoms with Crippen molar-refractivity contribution < 1.29 is 14.0 Å². The van der Waals surface area contributed by atoms with Crippen LogP contribution in [-0.2, 0) is 11.2 Å². The van der Waals surface area contributed by atoms with Gasteiger partial charge in [-0.05, 0) is 32.9 Å². The highest BCUT2D eigenvalue weighted by Crippen LogP contribution is 2.23. The third-order valence-corrected chi connectivity index (χ3v) is 4.32. The minimum Gasteiger partial charge on any atom is -0.441 e. The molecular weight excluding hydrogens is 380 g/mol. The van der Waals surface area contributed by atoms with Gasteiger partial charge in [0.25, 0.3) is 0 Å². The summed E-state index contributed by atoms with van der Waals surface area (Å²) in [6.45, 7) is 5.78. The van der Waals surface area contributed by atoms with Gasteiger partial charge in [0, 0.05) is 24.4 Å². The van der Waals surface area contributed by atoms with E-state index in [1.165, 1.54) is 5.56 Å². The molecular formula is C23H26N4O3. The molecule has 30 heavy (non-hydrogen) atoms. The van der Waals surface area contributed by atoms with Crippen molar-refractivity contribution >= 4 is 23.3 Å². The number of nitrogens with zero attached hydrogens (tertiary/aromatic N) is 1. The number of carbonyl (C=O) groups is 2. The van der Waals surface area contributed by atoms with E-state index in [9.17, 15) is 9.59 Å². The Labute approximate surface area is 175 Å². The first-order valence-corrected chi connectivity index (χ1v) is 9.89. The van der Waals surface area contributed by atoms with Gasteiger partial charge in [0.05, 0.1) is 17.6 Å². The van der Waals surface area contributed by atoms with Gasteiger partial charge in [-0.15, -0.1) is 0 Å². The summed E-state index contributed by atoms with van der Waals surface area (Å²) in [5, 5.41) is 8.34. The molecule has 3 amide bonds. The molecule has 3 aromatic rings. The van der Waals surface area contributed by atoms with Gasteiger partial charge in [-0.1, -0.05) is 42.0 Å². The number of nitrogens with one attached hydrogen (secondary N) is 3. The van der Waals surface area contributed by atoms with Crippen molar-refractivity contribution in [2.45, 2.75) is 39.7 Å². The first-order valence-electron chi connectivity index (χ1n) is 9.89. The zero-order valence-corrected chi connectivity index (χ0v) is 17.4. The Morgan fingerprint density at radius 2 is 1.67 bits per heavy atom. The number of oxazole rings is 1. The average molecular weight is 406 g/mol. The van der Waals surface area contributed by atoms with E-state index in [0.717, 1.165) is 5.56 Å². The van der Waals surface area contributed by atoms with Crippen LogP contribution in [0.25, 0.3) is 11.3 Å². The summed E-state index contributed by atoms with van der Waals surface area (Å²) in [6, 6.07) is 14.7. The van der Waals surface area contributed by atoms with Crippen molar-refractivity contribution in [2.75, 3.05) is 10.6 Å². The molecule has 0 atom stereocenters. The number of hydrogen-bond donors (Lipinski definition) is 3. The van der Waals surface area contributed by atoms with Crippen LogP contribution in [-0.4, -0.2) is 23.0 Å². The fraction of sp³-hybridized carbons (Fsp3) is 0.261. The highest BCUT2D eigenvalue weighted by atomic mass is 16.4. The minimum atomic E-state index is -0.324. The highest BCUT2D eigenvalue weighted by Gasteiger charge is 2.12. The average Bonchev–Trinajstić information content (AvgIpc) is 3.17. The molecule has 0 aliphatic carbocycles. The number of carbonyl (C=O) groups excluding carboxylic acids is 2. The minimum absolute atomic E-state index is 0.0114. The number of benzene rings is 2. The lowest BCUT2D eigenvalue weighted by Crippen LogP contribution is -2.34. The number of aryl methyl sites for hydroxylation is 2. The molecule has 1 heterocycles. The van der Waals surface area contributed by atoms with Crippen molar-refractivity contribution in [2.24, 2.45) is 0 Å². The summed E-state index contributed by atoms with van der Waals surface area (Å²) < 4.78 is 5.77. The second kappa shape index (κ2) is 9.73.